The Morgan fingerprint density at radius 3 is 2.32 bits per heavy atom. The summed E-state index contributed by atoms with van der Waals surface area (Å²) >= 11 is 6.10. The van der Waals surface area contributed by atoms with Crippen molar-refractivity contribution in [2.45, 2.75) is 26.7 Å². The fraction of sp³-hybridized carbons (Fsp3) is 0.308. The van der Waals surface area contributed by atoms with Crippen LogP contribution >= 0.6 is 11.6 Å². The molecular weight excluding hydrogens is 266 g/mol. The van der Waals surface area contributed by atoms with Crippen LogP contribution in [0.25, 0.3) is 5.69 Å². The van der Waals surface area contributed by atoms with Crippen LogP contribution in [0.2, 0.25) is 5.15 Å². The number of nitrogens with zero attached hydrogens (tertiary/aromatic N) is 3. The van der Waals surface area contributed by atoms with Crippen molar-refractivity contribution in [3.63, 3.8) is 0 Å². The van der Waals surface area contributed by atoms with Crippen LogP contribution in [-0.2, 0) is 0 Å². The third kappa shape index (κ3) is 2.46. The summed E-state index contributed by atoms with van der Waals surface area (Å²) in [6, 6.07) is 7.49. The highest BCUT2D eigenvalue weighted by molar-refractivity contribution is 6.32. The van der Waals surface area contributed by atoms with Crippen LogP contribution in [0.1, 0.15) is 31.0 Å². The summed E-state index contributed by atoms with van der Waals surface area (Å²) in [5.41, 5.74) is 2.10. The summed E-state index contributed by atoms with van der Waals surface area (Å²) in [4.78, 5) is 10.6. The Kier molecular flexibility index (Phi) is 3.57. The summed E-state index contributed by atoms with van der Waals surface area (Å²) in [5, 5.41) is 15.4. The smallest absolute Gasteiger partial charge is 0.258 e. The van der Waals surface area contributed by atoms with Gasteiger partial charge in [-0.1, -0.05) is 43.1 Å². The van der Waals surface area contributed by atoms with E-state index in [4.69, 9.17) is 11.6 Å². The Hall–Kier alpha value is -1.88. The van der Waals surface area contributed by atoms with Gasteiger partial charge in [-0.25, -0.2) is 4.68 Å². The second-order valence-corrected chi connectivity index (χ2v) is 5.04. The van der Waals surface area contributed by atoms with E-state index in [1.54, 1.807) is 0 Å². The van der Waals surface area contributed by atoms with Crippen molar-refractivity contribution in [2.75, 3.05) is 0 Å². The summed E-state index contributed by atoms with van der Waals surface area (Å²) in [6.45, 7) is 5.67. The Morgan fingerprint density at radius 2 is 1.89 bits per heavy atom. The zero-order valence-electron chi connectivity index (χ0n) is 10.9. The predicted molar refractivity (Wildman–Crippen MR) is 74.1 cm³/mol. The largest absolute Gasteiger partial charge is 0.329 e. The van der Waals surface area contributed by atoms with Gasteiger partial charge in [0, 0.05) is 5.92 Å². The van der Waals surface area contributed by atoms with Crippen LogP contribution in [0.5, 0.6) is 0 Å². The molecule has 0 radical (unpaired) electrons. The van der Waals surface area contributed by atoms with Crippen molar-refractivity contribution in [1.29, 1.82) is 0 Å². The van der Waals surface area contributed by atoms with E-state index in [1.807, 2.05) is 45.0 Å². The Balaban J connectivity index is 2.62. The number of rotatable bonds is 3. The first kappa shape index (κ1) is 13.5. The first-order valence-electron chi connectivity index (χ1n) is 5.91. The second-order valence-electron chi connectivity index (χ2n) is 4.68. The molecule has 0 aliphatic rings. The molecule has 19 heavy (non-hydrogen) atoms. The summed E-state index contributed by atoms with van der Waals surface area (Å²) in [5.74, 6) is -0.0652. The number of hydrogen-bond acceptors (Lipinski definition) is 3. The van der Waals surface area contributed by atoms with Crippen molar-refractivity contribution in [1.82, 2.24) is 9.78 Å². The fourth-order valence-electron chi connectivity index (χ4n) is 1.82. The molecule has 2 rings (SSSR count). The lowest BCUT2D eigenvalue weighted by molar-refractivity contribution is -0.385. The van der Waals surface area contributed by atoms with Gasteiger partial charge in [0.05, 0.1) is 10.6 Å². The van der Waals surface area contributed by atoms with E-state index in [2.05, 4.69) is 5.10 Å². The number of nitro groups is 1. The maximum Gasteiger partial charge on any atom is 0.329 e. The number of halogens is 1. The highest BCUT2D eigenvalue weighted by Crippen LogP contribution is 2.34. The highest BCUT2D eigenvalue weighted by atomic mass is 35.5. The first-order valence-corrected chi connectivity index (χ1v) is 6.29. The van der Waals surface area contributed by atoms with E-state index >= 15 is 0 Å². The Bertz CT molecular complexity index is 618. The van der Waals surface area contributed by atoms with Gasteiger partial charge in [0.1, 0.15) is 5.69 Å². The van der Waals surface area contributed by atoms with Crippen molar-refractivity contribution in [2.24, 2.45) is 0 Å². The summed E-state index contributed by atoms with van der Waals surface area (Å²) in [7, 11) is 0. The van der Waals surface area contributed by atoms with Gasteiger partial charge in [-0.15, -0.1) is 0 Å². The predicted octanol–water partition coefficient (Wildman–Crippen LogP) is 3.87. The summed E-state index contributed by atoms with van der Waals surface area (Å²) < 4.78 is 1.41. The average molecular weight is 280 g/mol. The van der Waals surface area contributed by atoms with E-state index < -0.39 is 4.92 Å². The molecular formula is C13H14ClN3O2. The molecule has 100 valence electrons. The van der Waals surface area contributed by atoms with Crippen LogP contribution in [0, 0.1) is 17.0 Å². The van der Waals surface area contributed by atoms with Gasteiger partial charge >= 0.3 is 5.69 Å². The third-order valence-corrected chi connectivity index (χ3v) is 3.18. The van der Waals surface area contributed by atoms with E-state index in [1.165, 1.54) is 4.68 Å². The minimum absolute atomic E-state index is 0.0394. The van der Waals surface area contributed by atoms with Gasteiger partial charge in [0.2, 0.25) is 5.15 Å². The van der Waals surface area contributed by atoms with Gasteiger partial charge in [0.25, 0.3) is 0 Å². The molecule has 0 fully saturated rings. The first-order chi connectivity index (χ1) is 8.91. The van der Waals surface area contributed by atoms with Gasteiger partial charge in [-0.05, 0) is 19.1 Å². The molecule has 1 heterocycles. The van der Waals surface area contributed by atoms with Crippen LogP contribution in [0.15, 0.2) is 24.3 Å². The molecule has 2 aromatic rings. The zero-order valence-corrected chi connectivity index (χ0v) is 11.7. The zero-order chi connectivity index (χ0) is 14.2. The van der Waals surface area contributed by atoms with Crippen molar-refractivity contribution in [3.8, 4) is 5.69 Å². The Labute approximate surface area is 116 Å². The molecule has 6 heteroatoms. The lowest BCUT2D eigenvalue weighted by Gasteiger charge is -2.02. The molecule has 5 nitrogen and oxygen atoms in total. The number of aromatic nitrogens is 2. The van der Waals surface area contributed by atoms with Crippen LogP contribution in [0.4, 0.5) is 5.69 Å². The SMILES string of the molecule is Cc1ccc(-n2nc(C(C)C)c([N+](=O)[O-])c2Cl)cc1. The fourth-order valence-corrected chi connectivity index (χ4v) is 2.12. The number of benzene rings is 1. The monoisotopic (exact) mass is 279 g/mol. The second kappa shape index (κ2) is 5.01. The lowest BCUT2D eigenvalue weighted by Crippen LogP contribution is -1.98. The van der Waals surface area contributed by atoms with Crippen LogP contribution < -0.4 is 0 Å². The molecule has 0 N–H and O–H groups in total. The highest BCUT2D eigenvalue weighted by Gasteiger charge is 2.28. The standard InChI is InChI=1S/C13H14ClN3O2/c1-8(2)11-12(17(18)19)13(14)16(15-11)10-6-4-9(3)5-7-10/h4-8H,1-3H3. The van der Waals surface area contributed by atoms with Gasteiger partial charge < -0.3 is 0 Å². The molecule has 0 atom stereocenters. The normalized spacial score (nSPS) is 11.0. The molecule has 0 amide bonds. The maximum atomic E-state index is 11.1. The number of hydrogen-bond donors (Lipinski definition) is 0. The molecule has 0 spiro atoms. The van der Waals surface area contributed by atoms with Crippen LogP contribution in [0.3, 0.4) is 0 Å². The average Bonchev–Trinajstić information content (AvgIpc) is 2.68. The molecule has 0 bridgehead atoms. The van der Waals surface area contributed by atoms with E-state index in [9.17, 15) is 10.1 Å². The van der Waals surface area contributed by atoms with Crippen LogP contribution in [-0.4, -0.2) is 14.7 Å². The molecule has 0 aliphatic heterocycles. The number of aryl methyl sites for hydroxylation is 1. The van der Waals surface area contributed by atoms with Crippen molar-refractivity contribution >= 4 is 17.3 Å². The Morgan fingerprint density at radius 1 is 1.32 bits per heavy atom. The van der Waals surface area contributed by atoms with Crippen molar-refractivity contribution < 1.29 is 4.92 Å². The molecule has 0 aliphatic carbocycles. The van der Waals surface area contributed by atoms with E-state index in [0.717, 1.165) is 5.56 Å². The quantitative estimate of drug-likeness (QED) is 0.633. The molecule has 1 aromatic carbocycles. The van der Waals surface area contributed by atoms with E-state index in [0.29, 0.717) is 11.4 Å². The van der Waals surface area contributed by atoms with Gasteiger partial charge in [-0.3, -0.25) is 10.1 Å². The minimum Gasteiger partial charge on any atom is -0.258 e. The van der Waals surface area contributed by atoms with Gasteiger partial charge in [-0.2, -0.15) is 5.10 Å². The third-order valence-electron chi connectivity index (χ3n) is 2.84. The summed E-state index contributed by atoms with van der Waals surface area (Å²) in [6.07, 6.45) is 0. The van der Waals surface area contributed by atoms with Crippen molar-refractivity contribution in [3.05, 3.63) is 50.8 Å². The maximum absolute atomic E-state index is 11.1. The molecule has 0 saturated heterocycles. The van der Waals surface area contributed by atoms with Gasteiger partial charge in [0.15, 0.2) is 0 Å². The topological polar surface area (TPSA) is 61.0 Å². The molecule has 1 aromatic heterocycles. The molecule has 0 unspecified atom stereocenters. The lowest BCUT2D eigenvalue weighted by atomic mass is 10.1. The van der Waals surface area contributed by atoms with E-state index in [-0.39, 0.29) is 16.8 Å². The molecule has 0 saturated carbocycles. The minimum atomic E-state index is -0.477.